The predicted molar refractivity (Wildman–Crippen MR) is 76.0 cm³/mol. The smallest absolute Gasteiger partial charge is 0.105 e. The quantitative estimate of drug-likeness (QED) is 0.859. The van der Waals surface area contributed by atoms with Gasteiger partial charge < -0.3 is 5.11 Å². The molecule has 1 atom stereocenters. The van der Waals surface area contributed by atoms with Gasteiger partial charge in [0.05, 0.1) is 0 Å². The fourth-order valence-corrected chi connectivity index (χ4v) is 2.18. The normalized spacial score (nSPS) is 12.7. The molecule has 1 unspecified atom stereocenters. The monoisotopic (exact) mass is 260 g/mol. The molecule has 0 heterocycles. The van der Waals surface area contributed by atoms with E-state index in [0.29, 0.717) is 10.9 Å². The third-order valence-corrected chi connectivity index (χ3v) is 3.46. The fourth-order valence-electron chi connectivity index (χ4n) is 1.94. The highest BCUT2D eigenvalue weighted by Crippen LogP contribution is 2.28. The second kappa shape index (κ2) is 5.55. The van der Waals surface area contributed by atoms with Gasteiger partial charge in [-0.1, -0.05) is 67.9 Å². The summed E-state index contributed by atoms with van der Waals surface area (Å²) in [6.45, 7) is 4.30. The van der Waals surface area contributed by atoms with Crippen molar-refractivity contribution in [3.63, 3.8) is 0 Å². The molecule has 2 rings (SSSR count). The highest BCUT2D eigenvalue weighted by atomic mass is 35.5. The number of aliphatic hydroxyl groups excluding tert-OH is 1. The van der Waals surface area contributed by atoms with E-state index in [4.69, 9.17) is 11.6 Å². The Morgan fingerprint density at radius 3 is 2.00 bits per heavy atom. The lowest BCUT2D eigenvalue weighted by atomic mass is 9.97. The van der Waals surface area contributed by atoms with Crippen LogP contribution in [-0.2, 0) is 0 Å². The van der Waals surface area contributed by atoms with Gasteiger partial charge in [0.25, 0.3) is 0 Å². The largest absolute Gasteiger partial charge is 0.384 e. The molecule has 2 heteroatoms. The zero-order valence-corrected chi connectivity index (χ0v) is 11.4. The number of halogens is 1. The van der Waals surface area contributed by atoms with Gasteiger partial charge in [0.15, 0.2) is 0 Å². The minimum Gasteiger partial charge on any atom is -0.384 e. The van der Waals surface area contributed by atoms with Crippen molar-refractivity contribution in [2.24, 2.45) is 0 Å². The summed E-state index contributed by atoms with van der Waals surface area (Å²) in [6, 6.07) is 15.4. The third kappa shape index (κ3) is 2.74. The Hall–Kier alpha value is -1.31. The standard InChI is InChI=1S/C16H17ClO/c1-11(2)12-7-9-13(10-8-12)16(18)14-5-3-4-6-15(14)17/h3-11,16,18H,1-2H3. The van der Waals surface area contributed by atoms with Gasteiger partial charge in [0, 0.05) is 10.6 Å². The van der Waals surface area contributed by atoms with Crippen LogP contribution in [0.4, 0.5) is 0 Å². The second-order valence-corrected chi connectivity index (χ2v) is 5.15. The Bertz CT molecular complexity index is 517. The number of hydrogen-bond donors (Lipinski definition) is 1. The van der Waals surface area contributed by atoms with Crippen molar-refractivity contribution in [1.29, 1.82) is 0 Å². The van der Waals surface area contributed by atoms with Crippen molar-refractivity contribution in [1.82, 2.24) is 0 Å². The molecule has 94 valence electrons. The SMILES string of the molecule is CC(C)c1ccc(C(O)c2ccccc2Cl)cc1. The van der Waals surface area contributed by atoms with Gasteiger partial charge in [0.1, 0.15) is 6.10 Å². The van der Waals surface area contributed by atoms with E-state index in [1.807, 2.05) is 30.3 Å². The van der Waals surface area contributed by atoms with Crippen LogP contribution in [0.3, 0.4) is 0 Å². The number of benzene rings is 2. The molecule has 0 saturated heterocycles. The van der Waals surface area contributed by atoms with Crippen LogP contribution in [0.2, 0.25) is 5.02 Å². The van der Waals surface area contributed by atoms with Crippen molar-refractivity contribution in [2.45, 2.75) is 25.9 Å². The first kappa shape index (κ1) is 13.1. The van der Waals surface area contributed by atoms with E-state index in [0.717, 1.165) is 11.1 Å². The van der Waals surface area contributed by atoms with Gasteiger partial charge in [0.2, 0.25) is 0 Å². The van der Waals surface area contributed by atoms with Crippen LogP contribution >= 0.6 is 11.6 Å². The molecule has 0 aromatic heterocycles. The maximum atomic E-state index is 10.3. The van der Waals surface area contributed by atoms with Crippen LogP contribution in [-0.4, -0.2) is 5.11 Å². The molecule has 2 aromatic rings. The first-order valence-electron chi connectivity index (χ1n) is 6.12. The molecule has 0 bridgehead atoms. The highest BCUT2D eigenvalue weighted by molar-refractivity contribution is 6.31. The van der Waals surface area contributed by atoms with Gasteiger partial charge in [-0.2, -0.15) is 0 Å². The summed E-state index contributed by atoms with van der Waals surface area (Å²) in [5.41, 5.74) is 2.88. The average Bonchev–Trinajstić information content (AvgIpc) is 2.38. The number of aliphatic hydroxyl groups is 1. The molecular weight excluding hydrogens is 244 g/mol. The topological polar surface area (TPSA) is 20.2 Å². The summed E-state index contributed by atoms with van der Waals surface area (Å²) in [6.07, 6.45) is -0.667. The molecule has 0 amide bonds. The molecule has 0 aliphatic carbocycles. The van der Waals surface area contributed by atoms with Crippen LogP contribution in [0.1, 0.15) is 42.6 Å². The molecule has 1 nitrogen and oxygen atoms in total. The highest BCUT2D eigenvalue weighted by Gasteiger charge is 2.13. The lowest BCUT2D eigenvalue weighted by Gasteiger charge is -2.14. The van der Waals surface area contributed by atoms with E-state index in [2.05, 4.69) is 26.0 Å². The van der Waals surface area contributed by atoms with Crippen molar-refractivity contribution in [2.75, 3.05) is 0 Å². The van der Waals surface area contributed by atoms with E-state index in [1.165, 1.54) is 5.56 Å². The van der Waals surface area contributed by atoms with E-state index in [9.17, 15) is 5.11 Å². The van der Waals surface area contributed by atoms with Crippen LogP contribution in [0, 0.1) is 0 Å². The number of rotatable bonds is 3. The fraction of sp³-hybridized carbons (Fsp3) is 0.250. The average molecular weight is 261 g/mol. The van der Waals surface area contributed by atoms with Crippen LogP contribution in [0.15, 0.2) is 48.5 Å². The van der Waals surface area contributed by atoms with Gasteiger partial charge >= 0.3 is 0 Å². The minimum atomic E-state index is -0.667. The van der Waals surface area contributed by atoms with Crippen molar-refractivity contribution >= 4 is 11.6 Å². The molecule has 2 aromatic carbocycles. The van der Waals surface area contributed by atoms with Crippen LogP contribution in [0.5, 0.6) is 0 Å². The van der Waals surface area contributed by atoms with E-state index in [-0.39, 0.29) is 0 Å². The molecule has 0 fully saturated rings. The molecule has 0 aliphatic heterocycles. The van der Waals surface area contributed by atoms with Gasteiger partial charge in [-0.15, -0.1) is 0 Å². The third-order valence-electron chi connectivity index (χ3n) is 3.12. The van der Waals surface area contributed by atoms with Crippen LogP contribution in [0.25, 0.3) is 0 Å². The summed E-state index contributed by atoms with van der Waals surface area (Å²) in [5.74, 6) is 0.497. The zero-order chi connectivity index (χ0) is 13.1. The van der Waals surface area contributed by atoms with Crippen LogP contribution < -0.4 is 0 Å². The van der Waals surface area contributed by atoms with Gasteiger partial charge in [-0.25, -0.2) is 0 Å². The van der Waals surface area contributed by atoms with E-state index in [1.54, 1.807) is 6.07 Å². The molecule has 0 spiro atoms. The first-order chi connectivity index (χ1) is 8.59. The molecule has 0 aliphatic rings. The summed E-state index contributed by atoms with van der Waals surface area (Å²) in [5, 5.41) is 10.9. The molecule has 0 radical (unpaired) electrons. The minimum absolute atomic E-state index is 0.497. The van der Waals surface area contributed by atoms with E-state index < -0.39 is 6.10 Å². The molecular formula is C16H17ClO. The Morgan fingerprint density at radius 2 is 1.44 bits per heavy atom. The Morgan fingerprint density at radius 1 is 0.889 bits per heavy atom. The zero-order valence-electron chi connectivity index (χ0n) is 10.6. The number of hydrogen-bond acceptors (Lipinski definition) is 1. The Balaban J connectivity index is 2.29. The van der Waals surface area contributed by atoms with E-state index >= 15 is 0 Å². The maximum absolute atomic E-state index is 10.3. The predicted octanol–water partition coefficient (Wildman–Crippen LogP) is 4.55. The second-order valence-electron chi connectivity index (χ2n) is 4.75. The summed E-state index contributed by atoms with van der Waals surface area (Å²) in [4.78, 5) is 0. The Labute approximate surface area is 113 Å². The summed E-state index contributed by atoms with van der Waals surface area (Å²) in [7, 11) is 0. The van der Waals surface area contributed by atoms with Gasteiger partial charge in [-0.05, 0) is 23.1 Å². The lowest BCUT2D eigenvalue weighted by molar-refractivity contribution is 0.220. The first-order valence-corrected chi connectivity index (χ1v) is 6.49. The van der Waals surface area contributed by atoms with Gasteiger partial charge in [-0.3, -0.25) is 0 Å². The summed E-state index contributed by atoms with van der Waals surface area (Å²) >= 11 is 6.09. The summed E-state index contributed by atoms with van der Waals surface area (Å²) < 4.78 is 0. The lowest BCUT2D eigenvalue weighted by Crippen LogP contribution is -2.00. The van der Waals surface area contributed by atoms with Crippen molar-refractivity contribution in [3.8, 4) is 0 Å². The Kier molecular flexibility index (Phi) is 4.05. The molecule has 0 saturated carbocycles. The molecule has 18 heavy (non-hydrogen) atoms. The van der Waals surface area contributed by atoms with Crippen molar-refractivity contribution in [3.05, 3.63) is 70.2 Å². The molecule has 1 N–H and O–H groups in total. The maximum Gasteiger partial charge on any atom is 0.105 e. The van der Waals surface area contributed by atoms with Crippen molar-refractivity contribution < 1.29 is 5.11 Å².